The van der Waals surface area contributed by atoms with Crippen molar-refractivity contribution >= 4 is 28.9 Å². The number of methoxy groups -OCH3 is 1. The number of piperazine rings is 1. The summed E-state index contributed by atoms with van der Waals surface area (Å²) in [6, 6.07) is 20.3. The Bertz CT molecular complexity index is 1570. The van der Waals surface area contributed by atoms with E-state index in [1.165, 1.54) is 9.80 Å². The van der Waals surface area contributed by atoms with Crippen LogP contribution in [0.15, 0.2) is 72.8 Å². The van der Waals surface area contributed by atoms with Crippen molar-refractivity contribution in [3.63, 3.8) is 0 Å². The average molecular weight is 586 g/mol. The van der Waals surface area contributed by atoms with Crippen LogP contribution in [0.2, 0.25) is 0 Å². The second-order valence-corrected chi connectivity index (χ2v) is 10.4. The molecule has 1 aliphatic heterocycles. The summed E-state index contributed by atoms with van der Waals surface area (Å²) in [6.45, 7) is 0.500. The number of carbonyl (C=O) groups excluding carboxylic acids is 3. The molecule has 1 aromatic heterocycles. The zero-order valence-corrected chi connectivity index (χ0v) is 24.2. The highest BCUT2D eigenvalue weighted by atomic mass is 16.6. The molecule has 3 N–H and O–H groups in total. The first-order valence-corrected chi connectivity index (χ1v) is 14.1. The molecular formula is C31H35N7O5. The Morgan fingerprint density at radius 1 is 1.00 bits per heavy atom. The Labute approximate surface area is 249 Å². The molecule has 5 rings (SSSR count). The molecule has 12 heteroatoms. The zero-order chi connectivity index (χ0) is 30.3. The normalized spacial score (nSPS) is 15.7. The largest absolute Gasteiger partial charge is 0.497 e. The van der Waals surface area contributed by atoms with E-state index in [-0.39, 0.29) is 32.1 Å². The monoisotopic (exact) mass is 585 g/mol. The van der Waals surface area contributed by atoms with Crippen LogP contribution in [0.5, 0.6) is 11.5 Å². The summed E-state index contributed by atoms with van der Waals surface area (Å²) in [6.07, 6.45) is 0.440. The van der Waals surface area contributed by atoms with E-state index in [2.05, 4.69) is 15.6 Å². The second-order valence-electron chi connectivity index (χ2n) is 10.4. The van der Waals surface area contributed by atoms with Gasteiger partial charge in [-0.2, -0.15) is 0 Å². The van der Waals surface area contributed by atoms with Crippen molar-refractivity contribution in [3.8, 4) is 11.5 Å². The standard InChI is InChI=1S/C31H35N7O5/c1-36-27-15-9-22(18-26(27)34-35-36)19-33-29(39)28-20-37(31(41)43-24-12-10-23(42-2)11-13-24)16-17-38(28)30(40)25(32)14-8-21-6-4-3-5-7-21/h3-7,9-13,15,18,25,28H,8,14,16-17,19-20,32H2,1-2H3,(H,33,39)/t25-,28+/m1/s1. The van der Waals surface area contributed by atoms with Crippen molar-refractivity contribution in [2.45, 2.75) is 31.5 Å². The van der Waals surface area contributed by atoms with Crippen LogP contribution in [-0.2, 0) is 29.6 Å². The van der Waals surface area contributed by atoms with E-state index in [0.29, 0.717) is 29.9 Å². The Balaban J connectivity index is 1.28. The van der Waals surface area contributed by atoms with E-state index in [1.54, 1.807) is 43.1 Å². The van der Waals surface area contributed by atoms with Gasteiger partial charge in [0.2, 0.25) is 11.8 Å². The van der Waals surface area contributed by atoms with Gasteiger partial charge in [0.25, 0.3) is 0 Å². The highest BCUT2D eigenvalue weighted by Gasteiger charge is 2.39. The smallest absolute Gasteiger partial charge is 0.415 e. The van der Waals surface area contributed by atoms with Crippen molar-refractivity contribution < 1.29 is 23.9 Å². The molecule has 2 atom stereocenters. The molecule has 0 radical (unpaired) electrons. The van der Waals surface area contributed by atoms with E-state index in [4.69, 9.17) is 15.2 Å². The lowest BCUT2D eigenvalue weighted by atomic mass is 10.0. The predicted octanol–water partition coefficient (Wildman–Crippen LogP) is 2.26. The Morgan fingerprint density at radius 3 is 2.49 bits per heavy atom. The molecule has 12 nitrogen and oxygen atoms in total. The molecule has 0 spiro atoms. The van der Waals surface area contributed by atoms with Crippen molar-refractivity contribution in [1.29, 1.82) is 0 Å². The van der Waals surface area contributed by atoms with E-state index in [0.717, 1.165) is 16.6 Å². The molecule has 2 heterocycles. The molecule has 1 aliphatic rings. The molecule has 224 valence electrons. The van der Waals surface area contributed by atoms with Gasteiger partial charge in [-0.15, -0.1) is 5.10 Å². The molecule has 43 heavy (non-hydrogen) atoms. The summed E-state index contributed by atoms with van der Waals surface area (Å²) < 4.78 is 12.4. The van der Waals surface area contributed by atoms with Gasteiger partial charge in [0.1, 0.15) is 23.1 Å². The first-order chi connectivity index (χ1) is 20.8. The molecule has 0 unspecified atom stereocenters. The molecule has 3 amide bonds. The molecule has 0 aliphatic carbocycles. The number of nitrogens with one attached hydrogen (secondary N) is 1. The maximum atomic E-state index is 13.6. The third kappa shape index (κ3) is 7.09. The van der Waals surface area contributed by atoms with Crippen LogP contribution in [0.1, 0.15) is 17.5 Å². The minimum absolute atomic E-state index is 0.0405. The van der Waals surface area contributed by atoms with Crippen molar-refractivity contribution in [2.75, 3.05) is 26.7 Å². The Morgan fingerprint density at radius 2 is 1.74 bits per heavy atom. The maximum Gasteiger partial charge on any atom is 0.415 e. The van der Waals surface area contributed by atoms with Gasteiger partial charge in [-0.25, -0.2) is 9.48 Å². The van der Waals surface area contributed by atoms with E-state index >= 15 is 0 Å². The molecule has 1 fully saturated rings. The zero-order valence-electron chi connectivity index (χ0n) is 24.2. The van der Waals surface area contributed by atoms with Gasteiger partial charge in [0.05, 0.1) is 25.2 Å². The van der Waals surface area contributed by atoms with Gasteiger partial charge < -0.3 is 30.3 Å². The fourth-order valence-electron chi connectivity index (χ4n) is 5.05. The van der Waals surface area contributed by atoms with Crippen molar-refractivity contribution in [1.82, 2.24) is 30.1 Å². The lowest BCUT2D eigenvalue weighted by molar-refractivity contribution is -0.144. The van der Waals surface area contributed by atoms with Crippen LogP contribution in [0, 0.1) is 0 Å². The van der Waals surface area contributed by atoms with Gasteiger partial charge >= 0.3 is 6.09 Å². The van der Waals surface area contributed by atoms with Crippen LogP contribution in [-0.4, -0.2) is 81.5 Å². The number of hydrogen-bond donors (Lipinski definition) is 2. The third-order valence-electron chi connectivity index (χ3n) is 7.53. The first-order valence-electron chi connectivity index (χ1n) is 14.1. The van der Waals surface area contributed by atoms with Crippen LogP contribution in [0.25, 0.3) is 11.0 Å². The molecular weight excluding hydrogens is 550 g/mol. The number of carbonyl (C=O) groups is 3. The summed E-state index contributed by atoms with van der Waals surface area (Å²) in [7, 11) is 3.36. The Kier molecular flexibility index (Phi) is 9.16. The van der Waals surface area contributed by atoms with Crippen LogP contribution < -0.4 is 20.5 Å². The topological polar surface area (TPSA) is 145 Å². The quantitative estimate of drug-likeness (QED) is 0.304. The number of benzene rings is 3. The maximum absolute atomic E-state index is 13.6. The number of nitrogens with zero attached hydrogens (tertiary/aromatic N) is 5. The summed E-state index contributed by atoms with van der Waals surface area (Å²) in [5.74, 6) is 0.239. The lowest BCUT2D eigenvalue weighted by Gasteiger charge is -2.40. The molecule has 1 saturated heterocycles. The fourth-order valence-corrected chi connectivity index (χ4v) is 5.05. The average Bonchev–Trinajstić information content (AvgIpc) is 3.42. The van der Waals surface area contributed by atoms with Crippen molar-refractivity contribution in [3.05, 3.63) is 83.9 Å². The van der Waals surface area contributed by atoms with Crippen LogP contribution in [0.4, 0.5) is 4.79 Å². The minimum atomic E-state index is -0.951. The number of aromatic nitrogens is 3. The van der Waals surface area contributed by atoms with Crippen molar-refractivity contribution in [2.24, 2.45) is 12.8 Å². The summed E-state index contributed by atoms with van der Waals surface area (Å²) in [5, 5.41) is 11.1. The first kappa shape index (κ1) is 29.5. The van der Waals surface area contributed by atoms with Gasteiger partial charge in [-0.1, -0.05) is 41.6 Å². The number of amides is 3. The third-order valence-corrected chi connectivity index (χ3v) is 7.53. The predicted molar refractivity (Wildman–Crippen MR) is 159 cm³/mol. The lowest BCUT2D eigenvalue weighted by Crippen LogP contribution is -2.64. The number of ether oxygens (including phenoxy) is 2. The summed E-state index contributed by atoms with van der Waals surface area (Å²) in [5.41, 5.74) is 9.82. The second kappa shape index (κ2) is 13.3. The van der Waals surface area contributed by atoms with Gasteiger partial charge in [-0.3, -0.25) is 9.59 Å². The summed E-state index contributed by atoms with van der Waals surface area (Å²) >= 11 is 0. The fraction of sp³-hybridized carbons (Fsp3) is 0.323. The number of hydrogen-bond acceptors (Lipinski definition) is 8. The van der Waals surface area contributed by atoms with Crippen LogP contribution in [0.3, 0.4) is 0 Å². The van der Waals surface area contributed by atoms with Crippen LogP contribution >= 0.6 is 0 Å². The molecule has 4 aromatic rings. The van der Waals surface area contributed by atoms with E-state index in [9.17, 15) is 14.4 Å². The summed E-state index contributed by atoms with van der Waals surface area (Å²) in [4.78, 5) is 43.1. The number of aryl methyl sites for hydroxylation is 2. The highest BCUT2D eigenvalue weighted by Crippen LogP contribution is 2.20. The van der Waals surface area contributed by atoms with E-state index < -0.39 is 24.1 Å². The van der Waals surface area contributed by atoms with Gasteiger partial charge in [0.15, 0.2) is 0 Å². The van der Waals surface area contributed by atoms with Gasteiger partial charge in [-0.05, 0) is 60.4 Å². The number of fused-ring (bicyclic) bond motifs is 1. The SMILES string of the molecule is COc1ccc(OC(=O)N2CCN(C(=O)[C@H](N)CCc3ccccc3)[C@H](C(=O)NCc3ccc4c(c3)nnn4C)C2)cc1. The molecule has 0 saturated carbocycles. The van der Waals surface area contributed by atoms with Gasteiger partial charge in [0, 0.05) is 26.7 Å². The Hall–Kier alpha value is -4.97. The molecule has 3 aromatic carbocycles. The minimum Gasteiger partial charge on any atom is -0.497 e. The number of nitrogens with two attached hydrogens (primary N) is 1. The molecule has 0 bridgehead atoms. The van der Waals surface area contributed by atoms with E-state index in [1.807, 2.05) is 48.5 Å². The highest BCUT2D eigenvalue weighted by molar-refractivity contribution is 5.91. The number of rotatable bonds is 9.